The van der Waals surface area contributed by atoms with E-state index in [1.165, 1.54) is 18.2 Å². The van der Waals surface area contributed by atoms with Crippen molar-refractivity contribution in [3.8, 4) is 11.5 Å². The van der Waals surface area contributed by atoms with Crippen LogP contribution in [0.2, 0.25) is 5.02 Å². The van der Waals surface area contributed by atoms with Crippen LogP contribution in [0.3, 0.4) is 0 Å². The second kappa shape index (κ2) is 8.27. The highest BCUT2D eigenvalue weighted by Gasteiger charge is 2.23. The number of hydrogen-bond acceptors (Lipinski definition) is 3. The van der Waals surface area contributed by atoms with Gasteiger partial charge in [0.2, 0.25) is 0 Å². The fraction of sp³-hybridized carbons (Fsp3) is 0.316. The van der Waals surface area contributed by atoms with Crippen molar-refractivity contribution in [1.82, 2.24) is 5.32 Å². The molecule has 2 rings (SSSR count). The first-order valence-corrected chi connectivity index (χ1v) is 8.37. The van der Waals surface area contributed by atoms with Crippen LogP contribution < -0.4 is 20.1 Å². The van der Waals surface area contributed by atoms with E-state index >= 15 is 0 Å². The number of rotatable bonds is 6. The Labute approximate surface area is 157 Å². The lowest BCUT2D eigenvalue weighted by molar-refractivity contribution is 0.249. The van der Waals surface area contributed by atoms with E-state index < -0.39 is 11.8 Å². The van der Waals surface area contributed by atoms with Gasteiger partial charge in [-0.05, 0) is 35.9 Å². The van der Waals surface area contributed by atoms with Crippen molar-refractivity contribution < 1.29 is 18.7 Å². The molecule has 140 valence electrons. The predicted molar refractivity (Wildman–Crippen MR) is 101 cm³/mol. The van der Waals surface area contributed by atoms with Gasteiger partial charge in [0, 0.05) is 17.6 Å². The molecule has 0 bridgehead atoms. The molecule has 7 heteroatoms. The first kappa shape index (κ1) is 19.8. The number of urea groups is 1. The number of carbonyl (C=O) groups is 1. The molecule has 0 fully saturated rings. The molecule has 0 aliphatic heterocycles. The van der Waals surface area contributed by atoms with E-state index in [0.717, 1.165) is 5.56 Å². The Kier molecular flexibility index (Phi) is 6.32. The van der Waals surface area contributed by atoms with Gasteiger partial charge in [-0.2, -0.15) is 0 Å². The third kappa shape index (κ3) is 4.79. The quantitative estimate of drug-likeness (QED) is 0.770. The van der Waals surface area contributed by atoms with Gasteiger partial charge >= 0.3 is 6.03 Å². The SMILES string of the molecule is COc1ccc(C(C)(C)CNC(=O)Nc2ccc(F)c(Cl)c2)cc1OC. The summed E-state index contributed by atoms with van der Waals surface area (Å²) in [4.78, 5) is 12.1. The second-order valence-electron chi connectivity index (χ2n) is 6.39. The lowest BCUT2D eigenvalue weighted by atomic mass is 9.84. The summed E-state index contributed by atoms with van der Waals surface area (Å²) >= 11 is 5.71. The van der Waals surface area contributed by atoms with Crippen LogP contribution in [0.1, 0.15) is 19.4 Å². The van der Waals surface area contributed by atoms with E-state index in [1.807, 2.05) is 32.0 Å². The van der Waals surface area contributed by atoms with Gasteiger partial charge in [0.15, 0.2) is 11.5 Å². The number of hydrogen-bond donors (Lipinski definition) is 2. The van der Waals surface area contributed by atoms with Gasteiger partial charge in [-0.1, -0.05) is 31.5 Å². The number of ether oxygens (including phenoxy) is 2. The van der Waals surface area contributed by atoms with E-state index in [4.69, 9.17) is 21.1 Å². The molecule has 0 saturated heterocycles. The highest BCUT2D eigenvalue weighted by Crippen LogP contribution is 2.32. The first-order valence-electron chi connectivity index (χ1n) is 7.99. The van der Waals surface area contributed by atoms with E-state index in [1.54, 1.807) is 14.2 Å². The van der Waals surface area contributed by atoms with Gasteiger partial charge < -0.3 is 20.1 Å². The van der Waals surface area contributed by atoms with Crippen LogP contribution in [0.25, 0.3) is 0 Å². The summed E-state index contributed by atoms with van der Waals surface area (Å²) in [5.74, 6) is 0.738. The number of benzene rings is 2. The topological polar surface area (TPSA) is 59.6 Å². The van der Waals surface area contributed by atoms with Crippen LogP contribution in [0.4, 0.5) is 14.9 Å². The summed E-state index contributed by atoms with van der Waals surface area (Å²) in [7, 11) is 3.16. The maximum atomic E-state index is 13.2. The molecule has 2 aromatic rings. The number of carbonyl (C=O) groups excluding carboxylic acids is 1. The molecular formula is C19H22ClFN2O3. The molecule has 2 N–H and O–H groups in total. The smallest absolute Gasteiger partial charge is 0.319 e. The first-order chi connectivity index (χ1) is 12.3. The van der Waals surface area contributed by atoms with Crippen molar-refractivity contribution in [2.75, 3.05) is 26.1 Å². The van der Waals surface area contributed by atoms with E-state index in [0.29, 0.717) is 23.7 Å². The average molecular weight is 381 g/mol. The Hall–Kier alpha value is -2.47. The second-order valence-corrected chi connectivity index (χ2v) is 6.80. The van der Waals surface area contributed by atoms with Crippen LogP contribution in [0, 0.1) is 5.82 Å². The maximum Gasteiger partial charge on any atom is 0.319 e. The van der Waals surface area contributed by atoms with Gasteiger partial charge in [-0.25, -0.2) is 9.18 Å². The average Bonchev–Trinajstić information content (AvgIpc) is 2.62. The van der Waals surface area contributed by atoms with Gasteiger partial charge in [0.05, 0.1) is 19.2 Å². The van der Waals surface area contributed by atoms with Crippen LogP contribution >= 0.6 is 11.6 Å². The fourth-order valence-corrected chi connectivity index (χ4v) is 2.59. The summed E-state index contributed by atoms with van der Waals surface area (Å²) in [6.45, 7) is 4.38. The van der Waals surface area contributed by atoms with E-state index in [9.17, 15) is 9.18 Å². The Morgan fingerprint density at radius 2 is 1.81 bits per heavy atom. The molecule has 0 aliphatic rings. The van der Waals surface area contributed by atoms with Crippen LogP contribution in [0.15, 0.2) is 36.4 Å². The molecule has 0 aromatic heterocycles. The Balaban J connectivity index is 2.02. The molecule has 26 heavy (non-hydrogen) atoms. The molecule has 0 spiro atoms. The number of amides is 2. The van der Waals surface area contributed by atoms with E-state index in [-0.39, 0.29) is 10.4 Å². The molecule has 2 aromatic carbocycles. The largest absolute Gasteiger partial charge is 0.493 e. The van der Waals surface area contributed by atoms with Crippen molar-refractivity contribution in [2.24, 2.45) is 0 Å². The molecular weight excluding hydrogens is 359 g/mol. The number of methoxy groups -OCH3 is 2. The van der Waals surface area contributed by atoms with Crippen LogP contribution in [-0.4, -0.2) is 26.8 Å². The third-order valence-corrected chi connectivity index (χ3v) is 4.32. The molecule has 5 nitrogen and oxygen atoms in total. The molecule has 0 aliphatic carbocycles. The zero-order valence-corrected chi connectivity index (χ0v) is 15.9. The number of anilines is 1. The fourth-order valence-electron chi connectivity index (χ4n) is 2.41. The zero-order valence-electron chi connectivity index (χ0n) is 15.2. The minimum Gasteiger partial charge on any atom is -0.493 e. The molecule has 0 radical (unpaired) electrons. The standard InChI is InChI=1S/C19H22ClFN2O3/c1-19(2,12-5-8-16(25-3)17(9-12)26-4)11-22-18(24)23-13-6-7-15(21)14(20)10-13/h5-10H,11H2,1-4H3,(H2,22,23,24). The monoisotopic (exact) mass is 380 g/mol. The van der Waals surface area contributed by atoms with Crippen molar-refractivity contribution in [2.45, 2.75) is 19.3 Å². The third-order valence-electron chi connectivity index (χ3n) is 4.03. The highest BCUT2D eigenvalue weighted by molar-refractivity contribution is 6.31. The summed E-state index contributed by atoms with van der Waals surface area (Å²) in [6, 6.07) is 9.25. The van der Waals surface area contributed by atoms with Crippen molar-refractivity contribution >= 4 is 23.3 Å². The molecule has 0 heterocycles. The molecule has 0 atom stereocenters. The molecule has 2 amide bonds. The predicted octanol–water partition coefficient (Wildman–Crippen LogP) is 4.60. The summed E-state index contributed by atoms with van der Waals surface area (Å²) in [5, 5.41) is 5.39. The van der Waals surface area contributed by atoms with Gasteiger partial charge in [0.1, 0.15) is 5.82 Å². The Bertz CT molecular complexity index is 796. The number of nitrogens with one attached hydrogen (secondary N) is 2. The summed E-state index contributed by atoms with van der Waals surface area (Å²) in [5.41, 5.74) is 1.05. The molecule has 0 unspecified atom stereocenters. The van der Waals surface area contributed by atoms with Crippen molar-refractivity contribution in [1.29, 1.82) is 0 Å². The normalized spacial score (nSPS) is 11.0. The van der Waals surface area contributed by atoms with E-state index in [2.05, 4.69) is 10.6 Å². The zero-order chi connectivity index (χ0) is 19.3. The van der Waals surface area contributed by atoms with Crippen molar-refractivity contribution in [3.63, 3.8) is 0 Å². The minimum absolute atomic E-state index is 0.0477. The Morgan fingerprint density at radius 1 is 1.12 bits per heavy atom. The highest BCUT2D eigenvalue weighted by atomic mass is 35.5. The summed E-state index contributed by atoms with van der Waals surface area (Å²) < 4.78 is 23.7. The lowest BCUT2D eigenvalue weighted by Crippen LogP contribution is -2.39. The van der Waals surface area contributed by atoms with Gasteiger partial charge in [-0.15, -0.1) is 0 Å². The lowest BCUT2D eigenvalue weighted by Gasteiger charge is -2.26. The van der Waals surface area contributed by atoms with Gasteiger partial charge in [0.25, 0.3) is 0 Å². The summed E-state index contributed by atoms with van der Waals surface area (Å²) in [6.07, 6.45) is 0. The Morgan fingerprint density at radius 3 is 2.42 bits per heavy atom. The van der Waals surface area contributed by atoms with Gasteiger partial charge in [-0.3, -0.25) is 0 Å². The number of halogens is 2. The van der Waals surface area contributed by atoms with Crippen LogP contribution in [-0.2, 0) is 5.41 Å². The maximum absolute atomic E-state index is 13.2. The van der Waals surface area contributed by atoms with Crippen molar-refractivity contribution in [3.05, 3.63) is 52.8 Å². The minimum atomic E-state index is -0.535. The van der Waals surface area contributed by atoms with Crippen LogP contribution in [0.5, 0.6) is 11.5 Å². The molecule has 0 saturated carbocycles.